The number of nitrogens with one attached hydrogen (secondary N) is 1. The van der Waals surface area contributed by atoms with Crippen LogP contribution in [0.4, 0.5) is 0 Å². The summed E-state index contributed by atoms with van der Waals surface area (Å²) in [5.74, 6) is 0.147. The van der Waals surface area contributed by atoms with Crippen LogP contribution in [0.25, 0.3) is 0 Å². The second-order valence-corrected chi connectivity index (χ2v) is 5.57. The zero-order chi connectivity index (χ0) is 13.7. The van der Waals surface area contributed by atoms with E-state index < -0.39 is 0 Å². The molecule has 0 radical (unpaired) electrons. The number of carbonyl (C=O) groups excluding carboxylic acids is 1. The van der Waals surface area contributed by atoms with E-state index in [1.54, 1.807) is 11.3 Å². The molecule has 0 saturated carbocycles. The lowest BCUT2D eigenvalue weighted by atomic mass is 10.2. The van der Waals surface area contributed by atoms with E-state index in [-0.39, 0.29) is 11.9 Å². The minimum absolute atomic E-state index is 0.147. The molecular formula is C13H21N3O2S. The zero-order valence-electron chi connectivity index (χ0n) is 11.5. The van der Waals surface area contributed by atoms with Gasteiger partial charge in [0.15, 0.2) is 0 Å². The summed E-state index contributed by atoms with van der Waals surface area (Å²) in [4.78, 5) is 18.5. The molecule has 1 amide bonds. The van der Waals surface area contributed by atoms with Gasteiger partial charge in [0.1, 0.15) is 0 Å². The van der Waals surface area contributed by atoms with Crippen LogP contribution in [0, 0.1) is 0 Å². The highest BCUT2D eigenvalue weighted by Gasteiger charge is 2.22. The van der Waals surface area contributed by atoms with Crippen molar-refractivity contribution in [2.45, 2.75) is 32.9 Å². The Labute approximate surface area is 118 Å². The van der Waals surface area contributed by atoms with Crippen LogP contribution in [0.5, 0.6) is 0 Å². The first-order valence-corrected chi connectivity index (χ1v) is 7.62. The SMILES string of the molecule is CCc1nc(CNC(C)C(=O)N2CCOCC2)cs1. The van der Waals surface area contributed by atoms with Crippen molar-refractivity contribution in [3.63, 3.8) is 0 Å². The molecule has 106 valence electrons. The van der Waals surface area contributed by atoms with Crippen molar-refractivity contribution < 1.29 is 9.53 Å². The first kappa shape index (κ1) is 14.4. The molecule has 0 aromatic carbocycles. The lowest BCUT2D eigenvalue weighted by Crippen LogP contribution is -2.49. The van der Waals surface area contributed by atoms with E-state index in [9.17, 15) is 4.79 Å². The van der Waals surface area contributed by atoms with Crippen LogP contribution in [0.15, 0.2) is 5.38 Å². The Kier molecular flexibility index (Phi) is 5.30. The highest BCUT2D eigenvalue weighted by molar-refractivity contribution is 7.09. The van der Waals surface area contributed by atoms with E-state index in [0.29, 0.717) is 32.8 Å². The third-order valence-electron chi connectivity index (χ3n) is 3.18. The van der Waals surface area contributed by atoms with Gasteiger partial charge in [0.2, 0.25) is 5.91 Å². The monoisotopic (exact) mass is 283 g/mol. The molecule has 1 N–H and O–H groups in total. The van der Waals surface area contributed by atoms with Gasteiger partial charge in [0.05, 0.1) is 30.0 Å². The van der Waals surface area contributed by atoms with E-state index in [2.05, 4.69) is 22.6 Å². The number of hydrogen-bond donors (Lipinski definition) is 1. The van der Waals surface area contributed by atoms with Gasteiger partial charge in [-0.05, 0) is 13.3 Å². The lowest BCUT2D eigenvalue weighted by Gasteiger charge is -2.29. The highest BCUT2D eigenvalue weighted by atomic mass is 32.1. The largest absolute Gasteiger partial charge is 0.378 e. The van der Waals surface area contributed by atoms with E-state index in [1.165, 1.54) is 0 Å². The van der Waals surface area contributed by atoms with Crippen molar-refractivity contribution in [2.24, 2.45) is 0 Å². The second kappa shape index (κ2) is 6.98. The van der Waals surface area contributed by atoms with Crippen molar-refractivity contribution in [2.75, 3.05) is 26.3 Å². The van der Waals surface area contributed by atoms with Crippen LogP contribution in [0.2, 0.25) is 0 Å². The van der Waals surface area contributed by atoms with Gasteiger partial charge < -0.3 is 15.0 Å². The van der Waals surface area contributed by atoms with Gasteiger partial charge in [-0.1, -0.05) is 6.92 Å². The molecule has 0 bridgehead atoms. The van der Waals surface area contributed by atoms with Gasteiger partial charge >= 0.3 is 0 Å². The number of nitrogens with zero attached hydrogens (tertiary/aromatic N) is 2. The molecule has 1 aromatic heterocycles. The summed E-state index contributed by atoms with van der Waals surface area (Å²) >= 11 is 1.67. The fraction of sp³-hybridized carbons (Fsp3) is 0.692. The van der Waals surface area contributed by atoms with E-state index >= 15 is 0 Å². The number of aromatic nitrogens is 1. The number of hydrogen-bond acceptors (Lipinski definition) is 5. The molecule has 6 heteroatoms. The van der Waals surface area contributed by atoms with E-state index in [1.807, 2.05) is 11.8 Å². The average molecular weight is 283 g/mol. The molecule has 0 aliphatic carbocycles. The number of carbonyl (C=O) groups is 1. The fourth-order valence-corrected chi connectivity index (χ4v) is 2.74. The third-order valence-corrected chi connectivity index (χ3v) is 4.23. The second-order valence-electron chi connectivity index (χ2n) is 4.63. The summed E-state index contributed by atoms with van der Waals surface area (Å²) < 4.78 is 5.25. The molecule has 1 aromatic rings. The maximum atomic E-state index is 12.2. The van der Waals surface area contributed by atoms with Crippen molar-refractivity contribution in [1.82, 2.24) is 15.2 Å². The number of ether oxygens (including phenoxy) is 1. The quantitative estimate of drug-likeness (QED) is 0.877. The van der Waals surface area contributed by atoms with Crippen LogP contribution >= 0.6 is 11.3 Å². The molecule has 1 saturated heterocycles. The summed E-state index contributed by atoms with van der Waals surface area (Å²) in [6.45, 7) is 7.33. The molecule has 1 unspecified atom stereocenters. The summed E-state index contributed by atoms with van der Waals surface area (Å²) in [5.41, 5.74) is 1.02. The Balaban J connectivity index is 1.79. The number of morpholine rings is 1. The van der Waals surface area contributed by atoms with Gasteiger partial charge in [0, 0.05) is 25.0 Å². The summed E-state index contributed by atoms with van der Waals surface area (Å²) in [6, 6.07) is -0.176. The fourth-order valence-electron chi connectivity index (χ4n) is 2.00. The van der Waals surface area contributed by atoms with Gasteiger partial charge in [-0.2, -0.15) is 0 Å². The van der Waals surface area contributed by atoms with E-state index in [0.717, 1.165) is 17.1 Å². The number of thiazole rings is 1. The molecule has 2 heterocycles. The van der Waals surface area contributed by atoms with Crippen LogP contribution in [0.1, 0.15) is 24.5 Å². The Morgan fingerprint density at radius 3 is 2.95 bits per heavy atom. The maximum Gasteiger partial charge on any atom is 0.239 e. The number of rotatable bonds is 5. The predicted molar refractivity (Wildman–Crippen MR) is 75.2 cm³/mol. The topological polar surface area (TPSA) is 54.5 Å². The highest BCUT2D eigenvalue weighted by Crippen LogP contribution is 2.10. The minimum Gasteiger partial charge on any atom is -0.378 e. The number of aryl methyl sites for hydroxylation is 1. The normalized spacial score (nSPS) is 17.5. The van der Waals surface area contributed by atoms with Crippen molar-refractivity contribution in [3.8, 4) is 0 Å². The van der Waals surface area contributed by atoms with Crippen molar-refractivity contribution in [3.05, 3.63) is 16.1 Å². The summed E-state index contributed by atoms with van der Waals surface area (Å²) in [7, 11) is 0. The Morgan fingerprint density at radius 1 is 1.58 bits per heavy atom. The van der Waals surface area contributed by atoms with Gasteiger partial charge in [-0.25, -0.2) is 4.98 Å². The van der Waals surface area contributed by atoms with Crippen LogP contribution in [-0.4, -0.2) is 48.1 Å². The zero-order valence-corrected chi connectivity index (χ0v) is 12.3. The van der Waals surface area contributed by atoms with Crippen LogP contribution in [-0.2, 0) is 22.5 Å². The van der Waals surface area contributed by atoms with Crippen molar-refractivity contribution in [1.29, 1.82) is 0 Å². The first-order valence-electron chi connectivity index (χ1n) is 6.74. The summed E-state index contributed by atoms with van der Waals surface area (Å²) in [5, 5.41) is 6.44. The minimum atomic E-state index is -0.176. The molecule has 19 heavy (non-hydrogen) atoms. The third kappa shape index (κ3) is 3.99. The van der Waals surface area contributed by atoms with Gasteiger partial charge in [-0.15, -0.1) is 11.3 Å². The smallest absolute Gasteiger partial charge is 0.239 e. The molecule has 1 atom stereocenters. The van der Waals surface area contributed by atoms with Crippen molar-refractivity contribution >= 4 is 17.2 Å². The van der Waals surface area contributed by atoms with E-state index in [4.69, 9.17) is 4.74 Å². The summed E-state index contributed by atoms with van der Waals surface area (Å²) in [6.07, 6.45) is 0.965. The number of amides is 1. The van der Waals surface area contributed by atoms with Crippen LogP contribution < -0.4 is 5.32 Å². The Bertz CT molecular complexity index is 416. The van der Waals surface area contributed by atoms with Gasteiger partial charge in [-0.3, -0.25) is 4.79 Å². The molecule has 2 rings (SSSR count). The maximum absolute atomic E-state index is 12.2. The Morgan fingerprint density at radius 2 is 2.32 bits per heavy atom. The molecule has 1 aliphatic heterocycles. The van der Waals surface area contributed by atoms with Crippen LogP contribution in [0.3, 0.4) is 0 Å². The average Bonchev–Trinajstić information content (AvgIpc) is 2.93. The standard InChI is InChI=1S/C13H21N3O2S/c1-3-12-15-11(9-19-12)8-14-10(2)13(17)16-4-6-18-7-5-16/h9-10,14H,3-8H2,1-2H3. The predicted octanol–water partition coefficient (Wildman–Crippen LogP) is 1.04. The molecular weight excluding hydrogens is 262 g/mol. The molecule has 0 spiro atoms. The molecule has 1 fully saturated rings. The molecule has 5 nitrogen and oxygen atoms in total. The molecule has 1 aliphatic rings. The Hall–Kier alpha value is -0.980. The van der Waals surface area contributed by atoms with Gasteiger partial charge in [0.25, 0.3) is 0 Å². The first-order chi connectivity index (χ1) is 9.20. The lowest BCUT2D eigenvalue weighted by molar-refractivity contribution is -0.137.